The Kier molecular flexibility index (Phi) is 4.55. The monoisotopic (exact) mass is 337 g/mol. The minimum Gasteiger partial charge on any atom is -0.355 e. The molecule has 5 nitrogen and oxygen atoms in total. The first-order valence-corrected chi connectivity index (χ1v) is 7.81. The van der Waals surface area contributed by atoms with Gasteiger partial charge in [0.25, 0.3) is 0 Å². The predicted octanol–water partition coefficient (Wildman–Crippen LogP) is 3.87. The van der Waals surface area contributed by atoms with Gasteiger partial charge in [-0.05, 0) is 37.0 Å². The summed E-state index contributed by atoms with van der Waals surface area (Å²) in [6.07, 6.45) is -0.642. The van der Waals surface area contributed by atoms with Crippen molar-refractivity contribution in [1.82, 2.24) is 15.2 Å². The molecule has 0 atom stereocenters. The third-order valence-electron chi connectivity index (χ3n) is 4.10. The van der Waals surface area contributed by atoms with E-state index in [4.69, 9.17) is 0 Å². The zero-order chi connectivity index (χ0) is 17.2. The first kappa shape index (κ1) is 16.5. The van der Waals surface area contributed by atoms with Crippen LogP contribution in [0.5, 0.6) is 0 Å². The smallest absolute Gasteiger partial charge is 0.355 e. The number of piperidine rings is 1. The summed E-state index contributed by atoms with van der Waals surface area (Å²) in [5.41, 5.74) is -0.447. The Balaban J connectivity index is 1.75. The molecule has 1 aliphatic rings. The van der Waals surface area contributed by atoms with Crippen molar-refractivity contribution < 1.29 is 13.2 Å². The lowest BCUT2D eigenvalue weighted by Crippen LogP contribution is -2.33. The second-order valence-electron chi connectivity index (χ2n) is 6.01. The van der Waals surface area contributed by atoms with Gasteiger partial charge in [-0.2, -0.15) is 23.3 Å². The second-order valence-corrected chi connectivity index (χ2v) is 6.01. The SMILES string of the molecule is CC1CCN(c2cnnc(Nc3cccc(C(F)(F)F)c3)n2)CC1. The lowest BCUT2D eigenvalue weighted by molar-refractivity contribution is -0.137. The maximum absolute atomic E-state index is 12.8. The zero-order valence-corrected chi connectivity index (χ0v) is 13.2. The van der Waals surface area contributed by atoms with Gasteiger partial charge in [-0.1, -0.05) is 13.0 Å². The van der Waals surface area contributed by atoms with Gasteiger partial charge in [-0.15, -0.1) is 5.10 Å². The third-order valence-corrected chi connectivity index (χ3v) is 4.10. The summed E-state index contributed by atoms with van der Waals surface area (Å²) < 4.78 is 38.3. The first-order chi connectivity index (χ1) is 11.4. The minimum atomic E-state index is -4.39. The van der Waals surface area contributed by atoms with Gasteiger partial charge in [0.05, 0.1) is 11.8 Å². The molecule has 0 bridgehead atoms. The van der Waals surface area contributed by atoms with Crippen molar-refractivity contribution in [2.75, 3.05) is 23.3 Å². The Bertz CT molecular complexity index is 696. The first-order valence-electron chi connectivity index (χ1n) is 7.81. The van der Waals surface area contributed by atoms with E-state index in [1.54, 1.807) is 6.20 Å². The fraction of sp³-hybridized carbons (Fsp3) is 0.438. The Morgan fingerprint density at radius 1 is 1.21 bits per heavy atom. The molecule has 3 rings (SSSR count). The van der Waals surface area contributed by atoms with E-state index in [-0.39, 0.29) is 11.6 Å². The van der Waals surface area contributed by atoms with Crippen LogP contribution in [0.25, 0.3) is 0 Å². The van der Waals surface area contributed by atoms with Gasteiger partial charge in [0.2, 0.25) is 5.95 Å². The third kappa shape index (κ3) is 3.93. The van der Waals surface area contributed by atoms with E-state index in [1.807, 2.05) is 0 Å². The highest BCUT2D eigenvalue weighted by Crippen LogP contribution is 2.31. The van der Waals surface area contributed by atoms with Gasteiger partial charge in [0.15, 0.2) is 5.82 Å². The van der Waals surface area contributed by atoms with Crippen molar-refractivity contribution >= 4 is 17.5 Å². The lowest BCUT2D eigenvalue weighted by Gasteiger charge is -2.30. The number of benzene rings is 1. The summed E-state index contributed by atoms with van der Waals surface area (Å²) in [7, 11) is 0. The van der Waals surface area contributed by atoms with Crippen molar-refractivity contribution in [3.8, 4) is 0 Å². The lowest BCUT2D eigenvalue weighted by atomic mass is 9.99. The Labute approximate surface area is 137 Å². The van der Waals surface area contributed by atoms with Crippen LogP contribution in [0, 0.1) is 5.92 Å². The van der Waals surface area contributed by atoms with Gasteiger partial charge < -0.3 is 10.2 Å². The van der Waals surface area contributed by atoms with Crippen molar-refractivity contribution in [3.63, 3.8) is 0 Å². The average Bonchev–Trinajstić information content (AvgIpc) is 2.55. The molecule has 2 aromatic rings. The van der Waals surface area contributed by atoms with Crippen LogP contribution < -0.4 is 10.2 Å². The van der Waals surface area contributed by atoms with Gasteiger partial charge >= 0.3 is 6.18 Å². The molecule has 1 saturated heterocycles. The maximum Gasteiger partial charge on any atom is 0.416 e. The highest BCUT2D eigenvalue weighted by molar-refractivity contribution is 5.55. The molecule has 0 amide bonds. The standard InChI is InChI=1S/C16H18F3N5/c1-11-5-7-24(8-6-11)14-10-20-23-15(22-14)21-13-4-2-3-12(9-13)16(17,18)19/h2-4,9-11H,5-8H2,1H3,(H,21,22,23). The van der Waals surface area contributed by atoms with Crippen LogP contribution in [0.1, 0.15) is 25.3 Å². The number of anilines is 3. The van der Waals surface area contributed by atoms with E-state index >= 15 is 0 Å². The van der Waals surface area contributed by atoms with E-state index in [1.165, 1.54) is 12.1 Å². The van der Waals surface area contributed by atoms with Gasteiger partial charge in [0, 0.05) is 18.8 Å². The van der Waals surface area contributed by atoms with Gasteiger partial charge in [-0.25, -0.2) is 0 Å². The minimum absolute atomic E-state index is 0.186. The molecule has 0 aliphatic carbocycles. The van der Waals surface area contributed by atoms with Gasteiger partial charge in [-0.3, -0.25) is 0 Å². The van der Waals surface area contributed by atoms with Gasteiger partial charge in [0.1, 0.15) is 0 Å². The Morgan fingerprint density at radius 3 is 2.67 bits per heavy atom. The van der Waals surface area contributed by atoms with Crippen LogP contribution in [0.4, 0.5) is 30.6 Å². The second kappa shape index (κ2) is 6.62. The molecule has 8 heteroatoms. The summed E-state index contributed by atoms with van der Waals surface area (Å²) in [6, 6.07) is 4.93. The van der Waals surface area contributed by atoms with Crippen LogP contribution in [-0.4, -0.2) is 28.3 Å². The van der Waals surface area contributed by atoms with Crippen molar-refractivity contribution in [1.29, 1.82) is 0 Å². The summed E-state index contributed by atoms with van der Waals surface area (Å²) in [5, 5.41) is 10.6. The zero-order valence-electron chi connectivity index (χ0n) is 13.2. The van der Waals surface area contributed by atoms with E-state index in [0.29, 0.717) is 11.7 Å². The summed E-state index contributed by atoms with van der Waals surface area (Å²) >= 11 is 0. The molecule has 0 spiro atoms. The van der Waals surface area contributed by atoms with Crippen LogP contribution in [0.15, 0.2) is 30.5 Å². The topological polar surface area (TPSA) is 53.9 Å². The molecular weight excluding hydrogens is 319 g/mol. The fourth-order valence-electron chi connectivity index (χ4n) is 2.64. The molecule has 0 radical (unpaired) electrons. The van der Waals surface area contributed by atoms with Crippen LogP contribution in [0.3, 0.4) is 0 Å². The molecule has 2 heterocycles. The quantitative estimate of drug-likeness (QED) is 0.921. The molecule has 24 heavy (non-hydrogen) atoms. The molecule has 1 N–H and O–H groups in total. The van der Waals surface area contributed by atoms with Crippen molar-refractivity contribution in [2.45, 2.75) is 25.9 Å². The Morgan fingerprint density at radius 2 is 1.96 bits per heavy atom. The normalized spacial score (nSPS) is 16.2. The predicted molar refractivity (Wildman–Crippen MR) is 85.2 cm³/mol. The summed E-state index contributed by atoms with van der Waals surface area (Å²) in [5.74, 6) is 1.57. The van der Waals surface area contributed by atoms with E-state index in [0.717, 1.165) is 38.1 Å². The van der Waals surface area contributed by atoms with E-state index in [9.17, 15) is 13.2 Å². The molecule has 1 aromatic heterocycles. The summed E-state index contributed by atoms with van der Waals surface area (Å²) in [4.78, 5) is 6.49. The molecule has 0 saturated carbocycles. The number of aromatic nitrogens is 3. The summed E-state index contributed by atoms with van der Waals surface area (Å²) in [6.45, 7) is 4.00. The van der Waals surface area contributed by atoms with Crippen molar-refractivity contribution in [2.24, 2.45) is 5.92 Å². The molecule has 1 fully saturated rings. The highest BCUT2D eigenvalue weighted by atomic mass is 19.4. The molecule has 0 unspecified atom stereocenters. The number of nitrogens with one attached hydrogen (secondary N) is 1. The number of hydrogen-bond acceptors (Lipinski definition) is 5. The largest absolute Gasteiger partial charge is 0.416 e. The van der Waals surface area contributed by atoms with E-state index < -0.39 is 11.7 Å². The number of alkyl halides is 3. The number of halogens is 3. The fourth-order valence-corrected chi connectivity index (χ4v) is 2.64. The van der Waals surface area contributed by atoms with Crippen molar-refractivity contribution in [3.05, 3.63) is 36.0 Å². The average molecular weight is 337 g/mol. The van der Waals surface area contributed by atoms with E-state index in [2.05, 4.69) is 32.3 Å². The number of hydrogen-bond donors (Lipinski definition) is 1. The molecule has 128 valence electrons. The molecule has 1 aromatic carbocycles. The molecule has 1 aliphatic heterocycles. The highest BCUT2D eigenvalue weighted by Gasteiger charge is 2.30. The van der Waals surface area contributed by atoms with Crippen LogP contribution >= 0.6 is 0 Å². The van der Waals surface area contributed by atoms with Crippen LogP contribution in [0.2, 0.25) is 0 Å². The molecular formula is C16H18F3N5. The number of nitrogens with zero attached hydrogens (tertiary/aromatic N) is 4. The van der Waals surface area contributed by atoms with Crippen LogP contribution in [-0.2, 0) is 6.18 Å². The maximum atomic E-state index is 12.8. The Hall–Kier alpha value is -2.38. The number of rotatable bonds is 3.